The van der Waals surface area contributed by atoms with Crippen LogP contribution < -0.4 is 11.1 Å². The summed E-state index contributed by atoms with van der Waals surface area (Å²) < 4.78 is 2.07. The Hall–Kier alpha value is -2.34. The average Bonchev–Trinajstić information content (AvgIpc) is 2.95. The monoisotopic (exact) mass is 285 g/mol. The lowest BCUT2D eigenvalue weighted by atomic mass is 10.1. The van der Waals surface area contributed by atoms with Gasteiger partial charge in [-0.05, 0) is 24.6 Å². The summed E-state index contributed by atoms with van der Waals surface area (Å²) in [6, 6.07) is 7.52. The second kappa shape index (κ2) is 5.57. The van der Waals surface area contributed by atoms with Gasteiger partial charge in [0, 0.05) is 37.2 Å². The molecule has 6 heteroatoms. The van der Waals surface area contributed by atoms with Gasteiger partial charge in [0.1, 0.15) is 5.82 Å². The molecule has 0 saturated heterocycles. The van der Waals surface area contributed by atoms with Gasteiger partial charge in [0.25, 0.3) is 0 Å². The second-order valence-corrected chi connectivity index (χ2v) is 5.30. The molecule has 1 aliphatic heterocycles. The molecule has 2 amide bonds. The number of fused-ring (bicyclic) bond motifs is 1. The smallest absolute Gasteiger partial charge is 0.322 e. The van der Waals surface area contributed by atoms with E-state index in [1.54, 1.807) is 11.1 Å². The van der Waals surface area contributed by atoms with Gasteiger partial charge < -0.3 is 20.5 Å². The van der Waals surface area contributed by atoms with Crippen LogP contribution >= 0.6 is 0 Å². The Morgan fingerprint density at radius 1 is 1.33 bits per heavy atom. The number of amides is 2. The van der Waals surface area contributed by atoms with E-state index in [2.05, 4.69) is 14.9 Å². The first kappa shape index (κ1) is 13.6. The van der Waals surface area contributed by atoms with Gasteiger partial charge in [0.2, 0.25) is 0 Å². The first-order valence-electron chi connectivity index (χ1n) is 7.05. The molecular formula is C15H19N5O. The number of nitrogens with two attached hydrogens (primary N) is 1. The van der Waals surface area contributed by atoms with Crippen LogP contribution in [0.2, 0.25) is 0 Å². The van der Waals surface area contributed by atoms with Crippen LogP contribution in [0.4, 0.5) is 10.5 Å². The highest BCUT2D eigenvalue weighted by molar-refractivity contribution is 5.89. The van der Waals surface area contributed by atoms with Crippen molar-refractivity contribution in [1.82, 2.24) is 14.5 Å². The number of hydrogen-bond acceptors (Lipinski definition) is 3. The van der Waals surface area contributed by atoms with Crippen molar-refractivity contribution in [3.63, 3.8) is 0 Å². The minimum atomic E-state index is -0.0993. The van der Waals surface area contributed by atoms with Crippen LogP contribution in [0.3, 0.4) is 0 Å². The summed E-state index contributed by atoms with van der Waals surface area (Å²) in [4.78, 5) is 18.3. The number of nitrogens with one attached hydrogen (secondary N) is 1. The maximum atomic E-state index is 12.3. The lowest BCUT2D eigenvalue weighted by molar-refractivity contribution is 0.195. The van der Waals surface area contributed by atoms with E-state index in [0.717, 1.165) is 23.6 Å². The number of carbonyl (C=O) groups is 1. The summed E-state index contributed by atoms with van der Waals surface area (Å²) in [5.74, 6) is 0.920. The van der Waals surface area contributed by atoms with Crippen molar-refractivity contribution in [2.75, 3.05) is 11.9 Å². The van der Waals surface area contributed by atoms with Crippen molar-refractivity contribution < 1.29 is 4.79 Å². The van der Waals surface area contributed by atoms with Crippen LogP contribution in [-0.4, -0.2) is 27.0 Å². The lowest BCUT2D eigenvalue weighted by Crippen LogP contribution is -2.40. The third-order valence-corrected chi connectivity index (χ3v) is 3.72. The van der Waals surface area contributed by atoms with Crippen molar-refractivity contribution in [3.8, 4) is 0 Å². The van der Waals surface area contributed by atoms with Crippen LogP contribution in [0.25, 0.3) is 0 Å². The number of urea groups is 1. The molecule has 1 aliphatic rings. The Morgan fingerprint density at radius 3 is 2.81 bits per heavy atom. The third-order valence-electron chi connectivity index (χ3n) is 3.72. The zero-order valence-electron chi connectivity index (χ0n) is 12.0. The largest absolute Gasteiger partial charge is 0.332 e. The molecule has 0 fully saturated rings. The van der Waals surface area contributed by atoms with E-state index in [1.807, 2.05) is 37.4 Å². The first-order chi connectivity index (χ1) is 10.1. The first-order valence-corrected chi connectivity index (χ1v) is 7.05. The molecule has 110 valence electrons. The second-order valence-electron chi connectivity index (χ2n) is 5.30. The molecule has 1 aromatic carbocycles. The molecule has 3 N–H and O–H groups in total. The highest BCUT2D eigenvalue weighted by atomic mass is 16.2. The highest BCUT2D eigenvalue weighted by Crippen LogP contribution is 2.16. The summed E-state index contributed by atoms with van der Waals surface area (Å²) in [5.41, 5.74) is 7.64. The Balaban J connectivity index is 1.64. The topological polar surface area (TPSA) is 76.2 Å². The number of hydrogen-bond donors (Lipinski definition) is 2. The number of imidazole rings is 1. The SMILES string of the molecule is CC(N)c1ccc(NC(=O)N2CCn3ccnc3C2)cc1. The minimum Gasteiger partial charge on any atom is -0.332 e. The normalized spacial score (nSPS) is 15.4. The average molecular weight is 285 g/mol. The van der Waals surface area contributed by atoms with Gasteiger partial charge in [-0.2, -0.15) is 0 Å². The number of anilines is 1. The number of benzene rings is 1. The summed E-state index contributed by atoms with van der Waals surface area (Å²) in [5, 5.41) is 2.91. The van der Waals surface area contributed by atoms with E-state index in [4.69, 9.17) is 5.73 Å². The number of nitrogens with zero attached hydrogens (tertiary/aromatic N) is 3. The fourth-order valence-corrected chi connectivity index (χ4v) is 2.42. The highest BCUT2D eigenvalue weighted by Gasteiger charge is 2.21. The van der Waals surface area contributed by atoms with Crippen LogP contribution in [-0.2, 0) is 13.1 Å². The Bertz CT molecular complexity index is 632. The predicted octanol–water partition coefficient (Wildman–Crippen LogP) is 1.95. The fraction of sp³-hybridized carbons (Fsp3) is 0.333. The van der Waals surface area contributed by atoms with E-state index in [0.29, 0.717) is 13.1 Å². The summed E-state index contributed by atoms with van der Waals surface area (Å²) in [6.45, 7) is 3.94. The van der Waals surface area contributed by atoms with Crippen LogP contribution in [0.1, 0.15) is 24.4 Å². The van der Waals surface area contributed by atoms with E-state index < -0.39 is 0 Å². The van der Waals surface area contributed by atoms with Crippen molar-refractivity contribution >= 4 is 11.7 Å². The van der Waals surface area contributed by atoms with Gasteiger partial charge in [0.15, 0.2) is 0 Å². The van der Waals surface area contributed by atoms with Gasteiger partial charge >= 0.3 is 6.03 Å². The number of aromatic nitrogens is 2. The molecule has 3 rings (SSSR count). The maximum absolute atomic E-state index is 12.3. The molecule has 1 unspecified atom stereocenters. The molecule has 1 atom stereocenters. The van der Waals surface area contributed by atoms with Gasteiger partial charge in [-0.25, -0.2) is 9.78 Å². The van der Waals surface area contributed by atoms with E-state index >= 15 is 0 Å². The van der Waals surface area contributed by atoms with Crippen molar-refractivity contribution in [2.24, 2.45) is 5.73 Å². The molecule has 2 aromatic rings. The van der Waals surface area contributed by atoms with Crippen LogP contribution in [0, 0.1) is 0 Å². The molecule has 0 spiro atoms. The third kappa shape index (κ3) is 2.90. The van der Waals surface area contributed by atoms with Crippen molar-refractivity contribution in [3.05, 3.63) is 48.0 Å². The Labute approximate surface area is 123 Å². The Morgan fingerprint density at radius 2 is 2.10 bits per heavy atom. The van der Waals surface area contributed by atoms with Gasteiger partial charge in [-0.3, -0.25) is 0 Å². The summed E-state index contributed by atoms with van der Waals surface area (Å²) in [6.07, 6.45) is 3.71. The standard InChI is InChI=1S/C15H19N5O/c1-11(16)12-2-4-13(5-3-12)18-15(21)20-9-8-19-7-6-17-14(19)10-20/h2-7,11H,8-10,16H2,1H3,(H,18,21). The maximum Gasteiger partial charge on any atom is 0.322 e. The number of rotatable bonds is 2. The zero-order chi connectivity index (χ0) is 14.8. The van der Waals surface area contributed by atoms with Crippen molar-refractivity contribution in [2.45, 2.75) is 26.1 Å². The van der Waals surface area contributed by atoms with E-state index in [1.165, 1.54) is 0 Å². The lowest BCUT2D eigenvalue weighted by Gasteiger charge is -2.27. The number of carbonyl (C=O) groups excluding carboxylic acids is 1. The van der Waals surface area contributed by atoms with Crippen LogP contribution in [0.15, 0.2) is 36.7 Å². The van der Waals surface area contributed by atoms with Gasteiger partial charge in [-0.15, -0.1) is 0 Å². The molecule has 1 aromatic heterocycles. The molecule has 6 nitrogen and oxygen atoms in total. The molecule has 0 saturated carbocycles. The molecule has 0 radical (unpaired) electrons. The fourth-order valence-electron chi connectivity index (χ4n) is 2.42. The zero-order valence-corrected chi connectivity index (χ0v) is 12.0. The van der Waals surface area contributed by atoms with E-state index in [-0.39, 0.29) is 12.1 Å². The molecule has 21 heavy (non-hydrogen) atoms. The Kier molecular flexibility index (Phi) is 3.62. The van der Waals surface area contributed by atoms with E-state index in [9.17, 15) is 4.79 Å². The summed E-state index contributed by atoms with van der Waals surface area (Å²) >= 11 is 0. The quantitative estimate of drug-likeness (QED) is 0.885. The molecule has 2 heterocycles. The molecular weight excluding hydrogens is 266 g/mol. The van der Waals surface area contributed by atoms with Crippen molar-refractivity contribution in [1.29, 1.82) is 0 Å². The molecule has 0 aliphatic carbocycles. The van der Waals surface area contributed by atoms with Gasteiger partial charge in [0.05, 0.1) is 6.54 Å². The minimum absolute atomic E-state index is 0.00397. The molecule has 0 bridgehead atoms. The van der Waals surface area contributed by atoms with Crippen LogP contribution in [0.5, 0.6) is 0 Å². The summed E-state index contributed by atoms with van der Waals surface area (Å²) in [7, 11) is 0. The van der Waals surface area contributed by atoms with Gasteiger partial charge in [-0.1, -0.05) is 12.1 Å². The predicted molar refractivity (Wildman–Crippen MR) is 80.7 cm³/mol.